The van der Waals surface area contributed by atoms with Gasteiger partial charge in [-0.15, -0.1) is 0 Å². The lowest BCUT2D eigenvalue weighted by molar-refractivity contribution is 0.209. The van der Waals surface area contributed by atoms with Gasteiger partial charge < -0.3 is 10.2 Å². The first-order chi connectivity index (χ1) is 5.84. The summed E-state index contributed by atoms with van der Waals surface area (Å²) in [6, 6.07) is 0.0972. The lowest BCUT2D eigenvalue weighted by Crippen LogP contribution is -2.37. The van der Waals surface area contributed by atoms with E-state index < -0.39 is 0 Å². The zero-order chi connectivity index (χ0) is 9.40. The van der Waals surface area contributed by atoms with Crippen molar-refractivity contribution in [3.05, 3.63) is 0 Å². The van der Waals surface area contributed by atoms with Gasteiger partial charge >= 0.3 is 6.03 Å². The molecule has 1 rings (SSSR count). The molecule has 0 atom stereocenters. The Morgan fingerprint density at radius 3 is 2.25 bits per heavy atom. The SMILES string of the molecule is CC.CCNC(=O)N1CCCC1. The van der Waals surface area contributed by atoms with Gasteiger partial charge in [-0.1, -0.05) is 13.8 Å². The Morgan fingerprint density at radius 1 is 1.33 bits per heavy atom. The van der Waals surface area contributed by atoms with Gasteiger partial charge in [0.1, 0.15) is 0 Å². The van der Waals surface area contributed by atoms with Crippen molar-refractivity contribution in [2.75, 3.05) is 19.6 Å². The van der Waals surface area contributed by atoms with Gasteiger partial charge in [0.15, 0.2) is 0 Å². The molecule has 0 radical (unpaired) electrons. The van der Waals surface area contributed by atoms with Crippen molar-refractivity contribution in [3.63, 3.8) is 0 Å². The predicted octanol–water partition coefficient (Wildman–Crippen LogP) is 1.84. The van der Waals surface area contributed by atoms with Crippen molar-refractivity contribution < 1.29 is 4.79 Å². The fourth-order valence-corrected chi connectivity index (χ4v) is 1.18. The lowest BCUT2D eigenvalue weighted by atomic mass is 10.4. The first-order valence-electron chi connectivity index (χ1n) is 4.87. The number of hydrogen-bond donors (Lipinski definition) is 1. The molecule has 0 unspecified atom stereocenters. The molecule has 72 valence electrons. The monoisotopic (exact) mass is 172 g/mol. The number of nitrogens with zero attached hydrogens (tertiary/aromatic N) is 1. The van der Waals surface area contributed by atoms with E-state index in [4.69, 9.17) is 0 Å². The highest BCUT2D eigenvalue weighted by molar-refractivity contribution is 5.74. The summed E-state index contributed by atoms with van der Waals surface area (Å²) in [5, 5.41) is 2.77. The summed E-state index contributed by atoms with van der Waals surface area (Å²) in [6.45, 7) is 8.54. The van der Waals surface area contributed by atoms with Crippen LogP contribution in [-0.2, 0) is 0 Å². The van der Waals surface area contributed by atoms with Gasteiger partial charge in [0.2, 0.25) is 0 Å². The Balaban J connectivity index is 0.000000561. The van der Waals surface area contributed by atoms with E-state index >= 15 is 0 Å². The van der Waals surface area contributed by atoms with Crippen LogP contribution in [0.1, 0.15) is 33.6 Å². The summed E-state index contributed by atoms with van der Waals surface area (Å²) < 4.78 is 0. The number of likely N-dealkylation sites (tertiary alicyclic amines) is 1. The number of rotatable bonds is 1. The molecule has 0 aromatic rings. The average molecular weight is 172 g/mol. The zero-order valence-electron chi connectivity index (χ0n) is 8.39. The van der Waals surface area contributed by atoms with Crippen LogP contribution in [0.25, 0.3) is 0 Å². The van der Waals surface area contributed by atoms with Crippen LogP contribution in [-0.4, -0.2) is 30.6 Å². The highest BCUT2D eigenvalue weighted by Crippen LogP contribution is 2.06. The third-order valence-corrected chi connectivity index (χ3v) is 1.72. The summed E-state index contributed by atoms with van der Waals surface area (Å²) in [6.07, 6.45) is 2.33. The van der Waals surface area contributed by atoms with E-state index in [0.29, 0.717) is 0 Å². The Kier molecular flexibility index (Phi) is 6.53. The largest absolute Gasteiger partial charge is 0.338 e. The highest BCUT2D eigenvalue weighted by atomic mass is 16.2. The van der Waals surface area contributed by atoms with Crippen molar-refractivity contribution in [1.29, 1.82) is 0 Å². The van der Waals surface area contributed by atoms with Gasteiger partial charge in [-0.05, 0) is 19.8 Å². The lowest BCUT2D eigenvalue weighted by Gasteiger charge is -2.14. The van der Waals surface area contributed by atoms with Crippen molar-refractivity contribution in [3.8, 4) is 0 Å². The van der Waals surface area contributed by atoms with Crippen LogP contribution in [0.2, 0.25) is 0 Å². The second-order valence-electron chi connectivity index (χ2n) is 2.53. The van der Waals surface area contributed by atoms with E-state index in [-0.39, 0.29) is 6.03 Å². The third kappa shape index (κ3) is 3.60. The van der Waals surface area contributed by atoms with Crippen LogP contribution in [0.15, 0.2) is 0 Å². The van der Waals surface area contributed by atoms with Crippen LogP contribution in [0.3, 0.4) is 0 Å². The van der Waals surface area contributed by atoms with Crippen molar-refractivity contribution in [1.82, 2.24) is 10.2 Å². The van der Waals surface area contributed by atoms with Gasteiger partial charge in [0.05, 0.1) is 0 Å². The first kappa shape index (κ1) is 11.3. The maximum atomic E-state index is 11.1. The summed E-state index contributed by atoms with van der Waals surface area (Å²) in [5.74, 6) is 0. The topological polar surface area (TPSA) is 32.3 Å². The molecule has 0 aliphatic carbocycles. The second-order valence-corrected chi connectivity index (χ2v) is 2.53. The Bertz CT molecular complexity index is 120. The summed E-state index contributed by atoms with van der Waals surface area (Å²) >= 11 is 0. The molecule has 1 saturated heterocycles. The van der Waals surface area contributed by atoms with Gasteiger partial charge in [0, 0.05) is 19.6 Å². The normalized spacial score (nSPS) is 15.1. The number of carbonyl (C=O) groups is 1. The number of amides is 2. The van der Waals surface area contributed by atoms with Gasteiger partial charge in [0.25, 0.3) is 0 Å². The smallest absolute Gasteiger partial charge is 0.317 e. The van der Waals surface area contributed by atoms with Gasteiger partial charge in [-0.2, -0.15) is 0 Å². The molecule has 0 aromatic carbocycles. The van der Waals surface area contributed by atoms with E-state index in [1.54, 1.807) is 0 Å². The van der Waals surface area contributed by atoms with E-state index in [1.807, 2.05) is 25.7 Å². The fraction of sp³-hybridized carbons (Fsp3) is 0.889. The minimum atomic E-state index is 0.0972. The predicted molar refractivity (Wildman–Crippen MR) is 51.2 cm³/mol. The maximum Gasteiger partial charge on any atom is 0.317 e. The number of hydrogen-bond acceptors (Lipinski definition) is 1. The Morgan fingerprint density at radius 2 is 1.83 bits per heavy atom. The zero-order valence-corrected chi connectivity index (χ0v) is 8.39. The van der Waals surface area contributed by atoms with E-state index in [9.17, 15) is 4.79 Å². The van der Waals surface area contributed by atoms with E-state index in [1.165, 1.54) is 0 Å². The fourth-order valence-electron chi connectivity index (χ4n) is 1.18. The van der Waals surface area contributed by atoms with Crippen LogP contribution >= 0.6 is 0 Å². The Labute approximate surface area is 75.1 Å². The molecule has 1 fully saturated rings. The summed E-state index contributed by atoms with van der Waals surface area (Å²) in [5.41, 5.74) is 0. The molecule has 0 bridgehead atoms. The molecule has 1 N–H and O–H groups in total. The summed E-state index contributed by atoms with van der Waals surface area (Å²) in [7, 11) is 0. The molecule has 3 nitrogen and oxygen atoms in total. The van der Waals surface area contributed by atoms with Crippen molar-refractivity contribution in [2.24, 2.45) is 0 Å². The number of urea groups is 1. The van der Waals surface area contributed by atoms with E-state index in [2.05, 4.69) is 5.32 Å². The molecular formula is C9H20N2O. The van der Waals surface area contributed by atoms with Gasteiger partial charge in [-0.3, -0.25) is 0 Å². The summed E-state index contributed by atoms with van der Waals surface area (Å²) in [4.78, 5) is 12.9. The highest BCUT2D eigenvalue weighted by Gasteiger charge is 2.15. The standard InChI is InChI=1S/C7H14N2O.C2H6/c1-2-8-7(10)9-5-3-4-6-9;1-2/h2-6H2,1H3,(H,8,10);1-2H3. The molecule has 12 heavy (non-hydrogen) atoms. The molecule has 3 heteroatoms. The average Bonchev–Trinajstić information content (AvgIpc) is 2.60. The molecule has 1 aliphatic rings. The molecule has 0 aromatic heterocycles. The van der Waals surface area contributed by atoms with Crippen LogP contribution in [0.4, 0.5) is 4.79 Å². The second kappa shape index (κ2) is 6.95. The minimum absolute atomic E-state index is 0.0972. The molecule has 2 amide bonds. The molecule has 0 spiro atoms. The van der Waals surface area contributed by atoms with Crippen molar-refractivity contribution >= 4 is 6.03 Å². The minimum Gasteiger partial charge on any atom is -0.338 e. The van der Waals surface area contributed by atoms with Crippen LogP contribution < -0.4 is 5.32 Å². The molecular weight excluding hydrogens is 152 g/mol. The first-order valence-corrected chi connectivity index (χ1v) is 4.87. The molecule has 1 heterocycles. The van der Waals surface area contributed by atoms with Gasteiger partial charge in [-0.25, -0.2) is 4.79 Å². The Hall–Kier alpha value is -0.730. The van der Waals surface area contributed by atoms with E-state index in [0.717, 1.165) is 32.5 Å². The number of nitrogens with one attached hydrogen (secondary N) is 1. The quantitative estimate of drug-likeness (QED) is 0.643. The maximum absolute atomic E-state index is 11.1. The molecule has 0 saturated carbocycles. The van der Waals surface area contributed by atoms with Crippen LogP contribution in [0, 0.1) is 0 Å². The third-order valence-electron chi connectivity index (χ3n) is 1.72. The molecule has 1 aliphatic heterocycles. The van der Waals surface area contributed by atoms with Crippen LogP contribution in [0.5, 0.6) is 0 Å². The number of carbonyl (C=O) groups excluding carboxylic acids is 1. The van der Waals surface area contributed by atoms with Crippen molar-refractivity contribution in [2.45, 2.75) is 33.6 Å².